The first kappa shape index (κ1) is 34.2. The molecule has 0 saturated carbocycles. The van der Waals surface area contributed by atoms with E-state index in [0.29, 0.717) is 25.1 Å². The van der Waals surface area contributed by atoms with Crippen LogP contribution in [0.2, 0.25) is 0 Å². The lowest BCUT2D eigenvalue weighted by Gasteiger charge is -2.30. The van der Waals surface area contributed by atoms with Crippen LogP contribution in [0, 0.1) is 22.9 Å². The fraction of sp³-hybridized carbons (Fsp3) is 0.361. The molecule has 13 heteroatoms. The van der Waals surface area contributed by atoms with E-state index in [2.05, 4.69) is 4.98 Å². The molecule has 1 aliphatic heterocycles. The molecule has 3 aromatic carbocycles. The van der Waals surface area contributed by atoms with Crippen molar-refractivity contribution < 1.29 is 36.2 Å². The first-order valence-corrected chi connectivity index (χ1v) is 17.8. The van der Waals surface area contributed by atoms with E-state index in [1.165, 1.54) is 23.0 Å². The van der Waals surface area contributed by atoms with Gasteiger partial charge in [0.1, 0.15) is 11.6 Å². The minimum absolute atomic E-state index is 0.00397. The number of sulfone groups is 1. The second-order valence-electron chi connectivity index (χ2n) is 13.8. The molecule has 0 amide bonds. The number of carboxylic acid groups (broad SMARTS) is 1. The molecule has 49 heavy (non-hydrogen) atoms. The Balaban J connectivity index is 1.57. The quantitative estimate of drug-likeness (QED) is 0.203. The molecule has 0 saturated heterocycles. The van der Waals surface area contributed by atoms with Gasteiger partial charge in [-0.05, 0) is 60.9 Å². The van der Waals surface area contributed by atoms with Crippen LogP contribution < -0.4 is 4.74 Å². The lowest BCUT2D eigenvalue weighted by Crippen LogP contribution is -2.29. The maximum Gasteiger partial charge on any atom is 0.307 e. The summed E-state index contributed by atoms with van der Waals surface area (Å²) in [5, 5.41) is 14.3. The van der Waals surface area contributed by atoms with E-state index in [9.17, 15) is 18.3 Å². The van der Waals surface area contributed by atoms with Crippen LogP contribution in [0.15, 0.2) is 54.7 Å². The van der Waals surface area contributed by atoms with E-state index in [-0.39, 0.29) is 51.3 Å². The Labute approximate surface area is 282 Å². The van der Waals surface area contributed by atoms with Crippen molar-refractivity contribution in [1.29, 1.82) is 0 Å². The van der Waals surface area contributed by atoms with Gasteiger partial charge in [-0.3, -0.25) is 4.79 Å². The monoisotopic (exact) mass is 694 g/mol. The van der Waals surface area contributed by atoms with Crippen LogP contribution in [0.4, 0.5) is 13.2 Å². The molecular formula is C36H37F3N4O5S. The summed E-state index contributed by atoms with van der Waals surface area (Å²) in [5.74, 6) is -5.27. The largest absolute Gasteiger partial charge is 0.481 e. The second-order valence-corrected chi connectivity index (χ2v) is 15.9. The van der Waals surface area contributed by atoms with Gasteiger partial charge < -0.3 is 14.8 Å². The summed E-state index contributed by atoms with van der Waals surface area (Å²) in [6, 6.07) is 13.3. The predicted molar refractivity (Wildman–Crippen MR) is 179 cm³/mol. The molecule has 1 atom stereocenters. The van der Waals surface area contributed by atoms with Gasteiger partial charge in [0.15, 0.2) is 33.1 Å². The highest BCUT2D eigenvalue weighted by Gasteiger charge is 2.36. The number of aryl methyl sites for hydroxylation is 2. The van der Waals surface area contributed by atoms with Gasteiger partial charge in [0.05, 0.1) is 34.4 Å². The van der Waals surface area contributed by atoms with Gasteiger partial charge >= 0.3 is 5.97 Å². The van der Waals surface area contributed by atoms with Gasteiger partial charge in [-0.2, -0.15) is 9.49 Å². The van der Waals surface area contributed by atoms with E-state index in [1.807, 2.05) is 51.1 Å². The number of carbonyl (C=O) groups is 1. The fourth-order valence-electron chi connectivity index (χ4n) is 6.90. The van der Waals surface area contributed by atoms with Crippen molar-refractivity contribution in [2.24, 2.45) is 12.5 Å². The highest BCUT2D eigenvalue weighted by molar-refractivity contribution is 7.91. The zero-order chi connectivity index (χ0) is 35.3. The van der Waals surface area contributed by atoms with E-state index in [0.717, 1.165) is 11.6 Å². The predicted octanol–water partition coefficient (Wildman–Crippen LogP) is 7.27. The second kappa shape index (κ2) is 12.7. The molecule has 0 fully saturated rings. The van der Waals surface area contributed by atoms with Crippen LogP contribution >= 0.6 is 0 Å². The zero-order valence-corrected chi connectivity index (χ0v) is 28.4. The van der Waals surface area contributed by atoms with Gasteiger partial charge in [-0.1, -0.05) is 50.6 Å². The number of benzene rings is 3. The van der Waals surface area contributed by atoms with E-state index < -0.39 is 62.0 Å². The van der Waals surface area contributed by atoms with Crippen LogP contribution in [0.3, 0.4) is 0 Å². The normalized spacial score (nSPS) is 19.4. The number of fused-ring (bicyclic) bond motifs is 8. The van der Waals surface area contributed by atoms with Crippen LogP contribution in [0.25, 0.3) is 22.3 Å². The van der Waals surface area contributed by atoms with Crippen LogP contribution in [-0.4, -0.2) is 50.7 Å². The summed E-state index contributed by atoms with van der Waals surface area (Å²) in [6.45, 7) is 5.75. The van der Waals surface area contributed by atoms with Crippen molar-refractivity contribution in [3.8, 4) is 22.9 Å². The number of rotatable bonds is 3. The lowest BCUT2D eigenvalue weighted by molar-refractivity contribution is -0.136. The number of nitrogens with zero attached hydrogens (tertiary/aromatic N) is 3. The van der Waals surface area contributed by atoms with Crippen LogP contribution in [0.5, 0.6) is 11.5 Å². The number of aromatic amines is 1. The highest BCUT2D eigenvalue weighted by Crippen LogP contribution is 2.42. The van der Waals surface area contributed by atoms with Crippen molar-refractivity contribution in [3.05, 3.63) is 94.7 Å². The maximum atomic E-state index is 15.9. The molecule has 2 aromatic heterocycles. The Bertz CT molecular complexity index is 2180. The number of hydrogen-bond donors (Lipinski definition) is 2. The first-order chi connectivity index (χ1) is 23.1. The Morgan fingerprint density at radius 3 is 2.51 bits per heavy atom. The summed E-state index contributed by atoms with van der Waals surface area (Å²) < 4.78 is 81.6. The van der Waals surface area contributed by atoms with Crippen molar-refractivity contribution >= 4 is 26.7 Å². The lowest BCUT2D eigenvalue weighted by atomic mass is 9.75. The number of halogens is 3. The third-order valence-electron chi connectivity index (χ3n) is 9.36. The summed E-state index contributed by atoms with van der Waals surface area (Å²) in [6.07, 6.45) is 2.17. The molecular weight excluding hydrogens is 657 g/mol. The Morgan fingerprint density at radius 2 is 1.80 bits per heavy atom. The van der Waals surface area contributed by atoms with Gasteiger partial charge in [-0.15, -0.1) is 0 Å². The molecule has 6 rings (SSSR count). The summed E-state index contributed by atoms with van der Waals surface area (Å²) >= 11 is 0. The fourth-order valence-corrected chi connectivity index (χ4v) is 8.90. The molecule has 0 unspecified atom stereocenters. The molecule has 258 valence electrons. The van der Waals surface area contributed by atoms with Crippen molar-refractivity contribution in [1.82, 2.24) is 19.7 Å². The highest BCUT2D eigenvalue weighted by atomic mass is 32.2. The van der Waals surface area contributed by atoms with Crippen LogP contribution in [-0.2, 0) is 39.9 Å². The molecule has 1 aliphatic rings. The summed E-state index contributed by atoms with van der Waals surface area (Å²) in [5.41, 5.74) is -0.613. The Hall–Kier alpha value is -4.65. The number of hydrogen-bond acceptors (Lipinski definition) is 6. The molecule has 0 radical (unpaired) electrons. The van der Waals surface area contributed by atoms with Crippen molar-refractivity contribution in [3.63, 3.8) is 0 Å². The minimum Gasteiger partial charge on any atom is -0.481 e. The number of nitrogens with one attached hydrogen (secondary N) is 1. The maximum absolute atomic E-state index is 15.9. The van der Waals surface area contributed by atoms with E-state index in [1.54, 1.807) is 7.05 Å². The Morgan fingerprint density at radius 1 is 1.06 bits per heavy atom. The van der Waals surface area contributed by atoms with Gasteiger partial charge in [0, 0.05) is 24.2 Å². The smallest absolute Gasteiger partial charge is 0.307 e. The molecule has 2 N–H and O–H groups in total. The SMILES string of the molecule is Cn1nc2nc1-c1cc(ccc1F)Oc1c(F)c(F)c3[nH]cc(CC(=O)O)c3c1CCS(=O)(=O)CC(C)(C)CCC[C@]2(C)c1ccccc1. The minimum atomic E-state index is -3.78. The third kappa shape index (κ3) is 6.68. The van der Waals surface area contributed by atoms with Gasteiger partial charge in [0.25, 0.3) is 0 Å². The average Bonchev–Trinajstić information content (AvgIpc) is 3.63. The third-order valence-corrected chi connectivity index (χ3v) is 11.4. The molecule has 0 spiro atoms. The van der Waals surface area contributed by atoms with E-state index in [4.69, 9.17) is 14.8 Å². The molecule has 5 aromatic rings. The number of aromatic nitrogens is 4. The molecule has 3 heterocycles. The van der Waals surface area contributed by atoms with Crippen molar-refractivity contribution in [2.45, 2.75) is 58.3 Å². The van der Waals surface area contributed by atoms with Crippen molar-refractivity contribution in [2.75, 3.05) is 11.5 Å². The van der Waals surface area contributed by atoms with Crippen LogP contribution in [0.1, 0.15) is 62.5 Å². The van der Waals surface area contributed by atoms with Gasteiger partial charge in [-0.25, -0.2) is 26.9 Å². The molecule has 4 bridgehead atoms. The standard InChI is InChI=1S/C36H37F3N4O5S/c1-35(2)14-8-15-36(3,22-9-6-5-7-10-22)34-41-33(43(4)42-34)25-18-23(11-12-26(25)37)48-32-24(13-16-49(46,47)20-35)28-21(17-27(44)45)19-40-31(28)29(38)30(32)39/h5-7,9-12,18-19,40H,8,13-17,20H2,1-4H3,(H,44,45)/t36-/m1/s1. The number of carboxylic acids is 1. The summed E-state index contributed by atoms with van der Waals surface area (Å²) in [7, 11) is -2.14. The van der Waals surface area contributed by atoms with E-state index >= 15 is 13.2 Å². The first-order valence-electron chi connectivity index (χ1n) is 16.0. The topological polar surface area (TPSA) is 127 Å². The average molecular weight is 695 g/mol. The number of H-pyrrole nitrogens is 1. The van der Waals surface area contributed by atoms with Gasteiger partial charge in [0.2, 0.25) is 5.82 Å². The Kier molecular flexibility index (Phi) is 8.85. The number of aliphatic carboxylic acids is 1. The summed E-state index contributed by atoms with van der Waals surface area (Å²) in [4.78, 5) is 19.1. The number of ether oxygens (including phenoxy) is 1. The zero-order valence-electron chi connectivity index (χ0n) is 27.6. The molecule has 0 aliphatic carbocycles. The molecule has 9 nitrogen and oxygen atoms in total.